The first-order chi connectivity index (χ1) is 17.8. The second kappa shape index (κ2) is 6.25. The number of hydrogen-bond donors (Lipinski definition) is 0. The first-order valence-electron chi connectivity index (χ1n) is 11.4. The molecule has 9 rings (SSSR count). The summed E-state index contributed by atoms with van der Waals surface area (Å²) < 4.78 is 25.1. The molecule has 0 aliphatic carbocycles. The van der Waals surface area contributed by atoms with Gasteiger partial charge in [-0.2, -0.15) is 0 Å². The number of fused-ring (bicyclic) bond motifs is 8. The van der Waals surface area contributed by atoms with Gasteiger partial charge in [-0.05, 0) is 48.5 Å². The van der Waals surface area contributed by atoms with Crippen molar-refractivity contribution in [1.29, 1.82) is 0 Å². The van der Waals surface area contributed by atoms with Crippen LogP contribution in [-0.2, 0) is 0 Å². The highest BCUT2D eigenvalue weighted by Crippen LogP contribution is 2.40. The monoisotopic (exact) mass is 468 g/mol. The van der Waals surface area contributed by atoms with Gasteiger partial charge in [0.05, 0.1) is 22.3 Å². The molecule has 0 saturated carbocycles. The molecule has 0 unspecified atom stereocenters. The lowest BCUT2D eigenvalue weighted by molar-refractivity contribution is 0.596. The van der Waals surface area contributed by atoms with Gasteiger partial charge in [0.25, 0.3) is 0 Å². The highest BCUT2D eigenvalue weighted by atomic mass is 16.4. The van der Waals surface area contributed by atoms with Crippen LogP contribution in [0.2, 0.25) is 0 Å². The molecule has 0 radical (unpaired) electrons. The van der Waals surface area contributed by atoms with Gasteiger partial charge in [-0.1, -0.05) is 24.3 Å². The maximum absolute atomic E-state index is 6.32. The summed E-state index contributed by atoms with van der Waals surface area (Å²) in [5, 5.41) is 0. The van der Waals surface area contributed by atoms with E-state index in [2.05, 4.69) is 0 Å². The summed E-state index contributed by atoms with van der Waals surface area (Å²) in [6.07, 6.45) is 0. The molecule has 0 amide bonds. The van der Waals surface area contributed by atoms with E-state index >= 15 is 0 Å². The van der Waals surface area contributed by atoms with Crippen molar-refractivity contribution in [2.75, 3.05) is 0 Å². The third-order valence-corrected chi connectivity index (χ3v) is 6.59. The molecule has 5 heterocycles. The van der Waals surface area contributed by atoms with Crippen LogP contribution >= 0.6 is 0 Å². The summed E-state index contributed by atoms with van der Waals surface area (Å²) in [4.78, 5) is 19.1. The average molecular weight is 468 g/mol. The largest absolute Gasteiger partial charge is 0.436 e. The molecule has 36 heavy (non-hydrogen) atoms. The quantitative estimate of drug-likeness (QED) is 0.229. The van der Waals surface area contributed by atoms with Crippen molar-refractivity contribution in [3.8, 4) is 45.8 Å². The molecule has 8 heteroatoms. The minimum absolute atomic E-state index is 0.426. The third kappa shape index (κ3) is 2.27. The molecule has 8 nitrogen and oxygen atoms in total. The molecule has 8 bridgehead atoms. The fourth-order valence-corrected chi connectivity index (χ4v) is 4.93. The average Bonchev–Trinajstić information content (AvgIpc) is 3.69. The fraction of sp³-hybridized carbons (Fsp3) is 0. The molecular formula is C28H12N4O4. The van der Waals surface area contributed by atoms with Crippen LogP contribution in [0.1, 0.15) is 0 Å². The standard InChI is InChI=1S/C28H12N4O4/c1-6-14-22-17(9-1)29-25(34-22)13-5-4-12-20-21(13)32-28(33-20)16-8-3-11-19-24(16)36-27(31-19)15-7-2-10-18-23(15)35-26(14)30-18/h1-12H. The highest BCUT2D eigenvalue weighted by Gasteiger charge is 2.24. The Bertz CT molecular complexity index is 1870. The second-order valence-corrected chi connectivity index (χ2v) is 8.69. The van der Waals surface area contributed by atoms with Gasteiger partial charge in [0.2, 0.25) is 23.6 Å². The van der Waals surface area contributed by atoms with Gasteiger partial charge in [-0.3, -0.25) is 0 Å². The van der Waals surface area contributed by atoms with Gasteiger partial charge in [-0.15, -0.1) is 0 Å². The van der Waals surface area contributed by atoms with Crippen LogP contribution in [0.4, 0.5) is 0 Å². The Labute approximate surface area is 200 Å². The number of para-hydroxylation sites is 4. The van der Waals surface area contributed by atoms with E-state index in [1.807, 2.05) is 72.8 Å². The van der Waals surface area contributed by atoms with Gasteiger partial charge < -0.3 is 17.7 Å². The molecule has 4 aromatic heterocycles. The first kappa shape index (κ1) is 18.1. The second-order valence-electron chi connectivity index (χ2n) is 8.69. The Morgan fingerprint density at radius 1 is 0.389 bits per heavy atom. The molecule has 0 fully saturated rings. The Morgan fingerprint density at radius 2 is 0.806 bits per heavy atom. The van der Waals surface area contributed by atoms with E-state index in [1.165, 1.54) is 0 Å². The lowest BCUT2D eigenvalue weighted by atomic mass is 10.2. The normalized spacial score (nSPS) is 12.4. The Kier molecular flexibility index (Phi) is 3.15. The van der Waals surface area contributed by atoms with E-state index in [0.29, 0.717) is 84.7 Å². The van der Waals surface area contributed by atoms with E-state index in [1.54, 1.807) is 0 Å². The molecule has 168 valence electrons. The first-order valence-corrected chi connectivity index (χ1v) is 11.4. The maximum atomic E-state index is 6.32. The topological polar surface area (TPSA) is 104 Å². The molecule has 0 saturated heterocycles. The fourth-order valence-electron chi connectivity index (χ4n) is 4.93. The van der Waals surface area contributed by atoms with Crippen molar-refractivity contribution in [3.05, 3.63) is 72.8 Å². The van der Waals surface area contributed by atoms with Crippen LogP contribution in [0.25, 0.3) is 90.2 Å². The minimum atomic E-state index is 0.426. The van der Waals surface area contributed by atoms with Gasteiger partial charge in [0.1, 0.15) is 22.1 Å². The van der Waals surface area contributed by atoms with Crippen LogP contribution in [-0.4, -0.2) is 19.9 Å². The van der Waals surface area contributed by atoms with Gasteiger partial charge in [-0.25, -0.2) is 19.9 Å². The summed E-state index contributed by atoms with van der Waals surface area (Å²) in [7, 11) is 0. The molecule has 1 aliphatic rings. The van der Waals surface area contributed by atoms with Gasteiger partial charge in [0, 0.05) is 0 Å². The number of hydrogen-bond acceptors (Lipinski definition) is 8. The predicted octanol–water partition coefficient (Wildman–Crippen LogP) is 7.23. The molecule has 0 spiro atoms. The number of aromatic nitrogens is 4. The van der Waals surface area contributed by atoms with Crippen molar-refractivity contribution in [2.24, 2.45) is 0 Å². The summed E-state index contributed by atoms with van der Waals surface area (Å²) in [6.45, 7) is 0. The summed E-state index contributed by atoms with van der Waals surface area (Å²) in [5.41, 5.74) is 7.89. The number of benzene rings is 4. The molecule has 8 aromatic rings. The minimum Gasteiger partial charge on any atom is -0.436 e. The maximum Gasteiger partial charge on any atom is 0.231 e. The van der Waals surface area contributed by atoms with Crippen molar-refractivity contribution >= 4 is 44.4 Å². The van der Waals surface area contributed by atoms with Crippen molar-refractivity contribution in [2.45, 2.75) is 0 Å². The molecule has 0 atom stereocenters. The zero-order valence-corrected chi connectivity index (χ0v) is 18.4. The highest BCUT2D eigenvalue weighted by molar-refractivity contribution is 5.98. The van der Waals surface area contributed by atoms with Crippen LogP contribution in [0.3, 0.4) is 0 Å². The summed E-state index contributed by atoms with van der Waals surface area (Å²) in [6, 6.07) is 22.8. The lowest BCUT2D eigenvalue weighted by Crippen LogP contribution is -1.81. The number of rotatable bonds is 0. The van der Waals surface area contributed by atoms with Crippen molar-refractivity contribution in [1.82, 2.24) is 19.9 Å². The smallest absolute Gasteiger partial charge is 0.231 e. The molecule has 1 aliphatic heterocycles. The van der Waals surface area contributed by atoms with Crippen molar-refractivity contribution < 1.29 is 17.7 Å². The van der Waals surface area contributed by atoms with E-state index in [9.17, 15) is 0 Å². The zero-order chi connectivity index (χ0) is 23.4. The lowest BCUT2D eigenvalue weighted by Gasteiger charge is -1.98. The Balaban J connectivity index is 1.48. The van der Waals surface area contributed by atoms with Gasteiger partial charge in [0.15, 0.2) is 22.3 Å². The summed E-state index contributed by atoms with van der Waals surface area (Å²) in [5.74, 6) is 1.72. The van der Waals surface area contributed by atoms with Crippen LogP contribution < -0.4 is 0 Å². The third-order valence-electron chi connectivity index (χ3n) is 6.59. The van der Waals surface area contributed by atoms with Crippen molar-refractivity contribution in [3.63, 3.8) is 0 Å². The van der Waals surface area contributed by atoms with Crippen LogP contribution in [0, 0.1) is 0 Å². The van der Waals surface area contributed by atoms with E-state index < -0.39 is 0 Å². The predicted molar refractivity (Wildman–Crippen MR) is 132 cm³/mol. The van der Waals surface area contributed by atoms with Crippen LogP contribution in [0.5, 0.6) is 0 Å². The number of nitrogens with zero attached hydrogens (tertiary/aromatic N) is 4. The molecular weight excluding hydrogens is 456 g/mol. The van der Waals surface area contributed by atoms with E-state index in [4.69, 9.17) is 37.6 Å². The molecule has 0 N–H and O–H groups in total. The summed E-state index contributed by atoms with van der Waals surface area (Å²) >= 11 is 0. The SMILES string of the molecule is c1cc2c3oc(nc3c1)-c1cccc3oc(nc13)-c1cccc3nc(oc13)-c1cccc3nc-2oc13. The number of oxazole rings is 4. The van der Waals surface area contributed by atoms with E-state index in [-0.39, 0.29) is 0 Å². The van der Waals surface area contributed by atoms with E-state index in [0.717, 1.165) is 5.56 Å². The van der Waals surface area contributed by atoms with Gasteiger partial charge >= 0.3 is 0 Å². The Morgan fingerprint density at radius 3 is 1.33 bits per heavy atom. The molecule has 4 aromatic carbocycles. The zero-order valence-electron chi connectivity index (χ0n) is 18.4. The Hall–Kier alpha value is -5.24. The van der Waals surface area contributed by atoms with Crippen LogP contribution in [0.15, 0.2) is 90.5 Å².